The predicted octanol–water partition coefficient (Wildman–Crippen LogP) is 4.26. The van der Waals surface area contributed by atoms with Gasteiger partial charge < -0.3 is 14.9 Å². The number of hydrogen-bond donors (Lipinski definition) is 3. The molecular weight excluding hydrogens is 325 g/mol. The number of nitrogens with zero attached hydrogens (tertiary/aromatic N) is 1. The van der Waals surface area contributed by atoms with E-state index in [-0.39, 0.29) is 13.0 Å². The lowest BCUT2D eigenvalue weighted by atomic mass is 10.1. The second-order valence-corrected chi connectivity index (χ2v) is 9.36. The highest BCUT2D eigenvalue weighted by Gasteiger charge is 2.49. The summed E-state index contributed by atoms with van der Waals surface area (Å²) in [6.45, 7) is 3.77. The summed E-state index contributed by atoms with van der Waals surface area (Å²) in [6.07, 6.45) is 15.9. The molecule has 0 aliphatic carbocycles. The summed E-state index contributed by atoms with van der Waals surface area (Å²) in [5.41, 5.74) is 0. The van der Waals surface area contributed by atoms with Crippen LogP contribution in [-0.2, 0) is 4.57 Å². The van der Waals surface area contributed by atoms with E-state index in [9.17, 15) is 19.5 Å². The molecule has 0 aromatic carbocycles. The normalized spacial score (nSPS) is 22.3. The minimum Gasteiger partial charge on any atom is -0.376 e. The molecule has 0 spiro atoms. The van der Waals surface area contributed by atoms with Crippen molar-refractivity contribution in [2.75, 3.05) is 19.6 Å². The maximum Gasteiger partial charge on any atom is 0.358 e. The lowest BCUT2D eigenvalue weighted by Crippen LogP contribution is -2.33. The maximum absolute atomic E-state index is 11.3. The van der Waals surface area contributed by atoms with E-state index in [4.69, 9.17) is 0 Å². The molecule has 1 aliphatic rings. The molecule has 1 aliphatic heterocycles. The number of hydrogen-bond acceptors (Lipinski definition) is 3. The fraction of sp³-hybridized carbons (Fsp3) is 1.00. The highest BCUT2D eigenvalue weighted by molar-refractivity contribution is 7.53. The van der Waals surface area contributed by atoms with Crippen molar-refractivity contribution in [3.05, 3.63) is 0 Å². The number of unbranched alkanes of at least 4 members (excludes halogenated alkanes) is 11. The highest BCUT2D eigenvalue weighted by Crippen LogP contribution is 2.53. The second-order valence-electron chi connectivity index (χ2n) is 7.44. The van der Waals surface area contributed by atoms with E-state index < -0.39 is 12.9 Å². The summed E-state index contributed by atoms with van der Waals surface area (Å²) in [5.74, 6) is 0. The van der Waals surface area contributed by atoms with Crippen molar-refractivity contribution in [2.45, 2.75) is 95.7 Å². The largest absolute Gasteiger partial charge is 0.376 e. The minimum atomic E-state index is -4.42. The van der Waals surface area contributed by atoms with Gasteiger partial charge in [-0.05, 0) is 13.0 Å². The molecule has 144 valence electrons. The van der Waals surface area contributed by atoms with Gasteiger partial charge in [0.05, 0.1) is 0 Å². The fourth-order valence-corrected chi connectivity index (χ4v) is 4.23. The number of likely N-dealkylation sites (tertiary alicyclic amines) is 1. The molecule has 24 heavy (non-hydrogen) atoms. The zero-order chi connectivity index (χ0) is 17.9. The van der Waals surface area contributed by atoms with Crippen LogP contribution in [0.2, 0.25) is 0 Å². The van der Waals surface area contributed by atoms with Crippen molar-refractivity contribution in [2.24, 2.45) is 0 Å². The van der Waals surface area contributed by atoms with Crippen LogP contribution >= 0.6 is 7.60 Å². The molecule has 0 amide bonds. The van der Waals surface area contributed by atoms with Gasteiger partial charge in [0, 0.05) is 19.5 Å². The van der Waals surface area contributed by atoms with Crippen LogP contribution in [0.25, 0.3) is 0 Å². The van der Waals surface area contributed by atoms with Gasteiger partial charge in [-0.1, -0.05) is 77.6 Å². The van der Waals surface area contributed by atoms with E-state index in [1.165, 1.54) is 70.6 Å². The molecule has 0 aromatic rings. The summed E-state index contributed by atoms with van der Waals surface area (Å²) >= 11 is 0. The molecule has 0 aromatic heterocycles. The molecule has 1 fully saturated rings. The Balaban J connectivity index is 1.90. The average Bonchev–Trinajstić information content (AvgIpc) is 2.91. The smallest absolute Gasteiger partial charge is 0.358 e. The maximum atomic E-state index is 11.3. The minimum absolute atomic E-state index is 0.106. The van der Waals surface area contributed by atoms with Crippen LogP contribution in [0.15, 0.2) is 0 Å². The molecule has 0 radical (unpaired) electrons. The molecule has 1 saturated heterocycles. The van der Waals surface area contributed by atoms with Crippen LogP contribution in [0.3, 0.4) is 0 Å². The van der Waals surface area contributed by atoms with Crippen molar-refractivity contribution < 1.29 is 19.5 Å². The summed E-state index contributed by atoms with van der Waals surface area (Å²) < 4.78 is 11.3. The molecule has 5 nitrogen and oxygen atoms in total. The molecule has 1 atom stereocenters. The van der Waals surface area contributed by atoms with E-state index in [0.717, 1.165) is 13.0 Å². The van der Waals surface area contributed by atoms with Gasteiger partial charge >= 0.3 is 7.60 Å². The number of rotatable bonds is 14. The van der Waals surface area contributed by atoms with Gasteiger partial charge in [-0.15, -0.1) is 0 Å². The fourth-order valence-electron chi connectivity index (χ4n) is 3.46. The molecule has 0 saturated carbocycles. The van der Waals surface area contributed by atoms with Crippen LogP contribution in [0.4, 0.5) is 0 Å². The summed E-state index contributed by atoms with van der Waals surface area (Å²) in [4.78, 5) is 20.4. The topological polar surface area (TPSA) is 81.0 Å². The first-order valence-electron chi connectivity index (χ1n) is 9.89. The predicted molar refractivity (Wildman–Crippen MR) is 99.1 cm³/mol. The monoisotopic (exact) mass is 363 g/mol. The third-order valence-electron chi connectivity index (χ3n) is 5.18. The van der Waals surface area contributed by atoms with Crippen LogP contribution < -0.4 is 0 Å². The van der Waals surface area contributed by atoms with Gasteiger partial charge in [-0.3, -0.25) is 9.46 Å². The van der Waals surface area contributed by atoms with E-state index in [2.05, 4.69) is 6.92 Å². The first kappa shape index (κ1) is 22.1. The Bertz CT molecular complexity index is 374. The molecule has 0 bridgehead atoms. The molecule has 1 heterocycles. The molecule has 6 heteroatoms. The van der Waals surface area contributed by atoms with Crippen molar-refractivity contribution in [3.8, 4) is 0 Å². The van der Waals surface area contributed by atoms with Gasteiger partial charge in [0.2, 0.25) is 0 Å². The Morgan fingerprint density at radius 1 is 0.875 bits per heavy atom. The van der Waals surface area contributed by atoms with E-state index >= 15 is 0 Å². The third kappa shape index (κ3) is 8.44. The Labute approximate surface area is 148 Å². The first-order valence-corrected chi connectivity index (χ1v) is 11.5. The third-order valence-corrected chi connectivity index (χ3v) is 6.62. The lowest BCUT2D eigenvalue weighted by Gasteiger charge is -2.24. The van der Waals surface area contributed by atoms with E-state index in [1.54, 1.807) is 0 Å². The zero-order valence-corrected chi connectivity index (χ0v) is 16.4. The Morgan fingerprint density at radius 2 is 1.33 bits per heavy atom. The molecule has 3 N–H and O–H groups in total. The average molecular weight is 363 g/mol. The molecule has 1 unspecified atom stereocenters. The lowest BCUT2D eigenvalue weighted by molar-refractivity contribution is 0.0969. The Hall–Kier alpha value is 0.0700. The number of β-amino-alcohol motifs (C(OH)–C–C–N with tert-alkyl or cyclic N) is 1. The van der Waals surface area contributed by atoms with Crippen LogP contribution in [0.5, 0.6) is 0 Å². The Morgan fingerprint density at radius 3 is 1.75 bits per heavy atom. The van der Waals surface area contributed by atoms with Crippen molar-refractivity contribution in [1.82, 2.24) is 4.90 Å². The summed E-state index contributed by atoms with van der Waals surface area (Å²) in [5, 5.41) is 8.17. The zero-order valence-electron chi connectivity index (χ0n) is 15.5. The van der Waals surface area contributed by atoms with Crippen LogP contribution in [0, 0.1) is 0 Å². The van der Waals surface area contributed by atoms with Crippen molar-refractivity contribution in [3.63, 3.8) is 0 Å². The van der Waals surface area contributed by atoms with Crippen molar-refractivity contribution in [1.29, 1.82) is 0 Å². The summed E-state index contributed by atoms with van der Waals surface area (Å²) in [6, 6.07) is 0. The van der Waals surface area contributed by atoms with Gasteiger partial charge in [0.25, 0.3) is 0 Å². The summed E-state index contributed by atoms with van der Waals surface area (Å²) in [7, 11) is -4.42. The highest BCUT2D eigenvalue weighted by atomic mass is 31.2. The first-order chi connectivity index (χ1) is 11.4. The number of aliphatic hydroxyl groups is 1. The Kier molecular flexibility index (Phi) is 10.7. The molecule has 1 rings (SSSR count). The van der Waals surface area contributed by atoms with Crippen LogP contribution in [-0.4, -0.2) is 44.8 Å². The van der Waals surface area contributed by atoms with Crippen molar-refractivity contribution >= 4 is 7.60 Å². The van der Waals surface area contributed by atoms with E-state index in [0.29, 0.717) is 6.54 Å². The van der Waals surface area contributed by atoms with Gasteiger partial charge in [-0.2, -0.15) is 0 Å². The standard InChI is InChI=1S/C18H38NO4P/c1-2-3-4-5-6-7-8-9-10-11-12-13-15-19-16-14-18(20,17-19)24(21,22)23/h20H,2-17H2,1H3,(H2,21,22,23). The quantitative estimate of drug-likeness (QED) is 0.317. The second kappa shape index (κ2) is 11.6. The SMILES string of the molecule is CCCCCCCCCCCCCCN1CCC(O)(P(=O)(O)O)C1. The molecular formula is C18H38NO4P. The van der Waals surface area contributed by atoms with Crippen LogP contribution in [0.1, 0.15) is 90.4 Å². The van der Waals surface area contributed by atoms with Gasteiger partial charge in [0.1, 0.15) is 0 Å². The van der Waals surface area contributed by atoms with Gasteiger partial charge in [-0.25, -0.2) is 0 Å². The van der Waals surface area contributed by atoms with E-state index in [1.807, 2.05) is 4.90 Å². The van der Waals surface area contributed by atoms with Gasteiger partial charge in [0.15, 0.2) is 5.34 Å².